The molecule has 2 unspecified atom stereocenters. The summed E-state index contributed by atoms with van der Waals surface area (Å²) < 4.78 is 29.6. The summed E-state index contributed by atoms with van der Waals surface area (Å²) in [5, 5.41) is 13.9. The molecule has 5 aromatic rings. The lowest BCUT2D eigenvalue weighted by molar-refractivity contribution is -0.150. The van der Waals surface area contributed by atoms with Crippen molar-refractivity contribution < 1.29 is 76.4 Å². The van der Waals surface area contributed by atoms with Crippen LogP contribution >= 0.6 is 11.3 Å². The van der Waals surface area contributed by atoms with E-state index in [1.54, 1.807) is 86.7 Å². The van der Waals surface area contributed by atoms with E-state index in [0.29, 0.717) is 50.0 Å². The van der Waals surface area contributed by atoms with Crippen molar-refractivity contribution in [3.63, 3.8) is 0 Å². The van der Waals surface area contributed by atoms with Gasteiger partial charge in [0.1, 0.15) is 12.4 Å². The van der Waals surface area contributed by atoms with Gasteiger partial charge in [-0.15, -0.1) is 11.3 Å². The second kappa shape index (κ2) is 48.5. The number of Topliss-reactive ketones (excluding diaryl/α,β-unsaturated/α-hetero) is 3. The van der Waals surface area contributed by atoms with Gasteiger partial charge in [0, 0.05) is 139 Å². The van der Waals surface area contributed by atoms with Crippen LogP contribution < -0.4 is 31.9 Å². The molecule has 4 aromatic carbocycles. The number of nitrogens with one attached hydrogen (secondary N) is 4. The average molecular weight is 1660 g/mol. The number of amides is 9. The maximum Gasteiger partial charge on any atom is 0.410 e. The number of para-hydroxylation sites is 1. The van der Waals surface area contributed by atoms with E-state index in [1.807, 2.05) is 112 Å². The molecular weight excluding hydrogens is 1530 g/mol. The maximum absolute atomic E-state index is 15.2. The second-order valence-corrected chi connectivity index (χ2v) is 33.7. The SMILES string of the molecule is CO[C@H]([C@@H](C)C(=O)CC(Cc1ccccc1)c1nccs1)[C@@H]1CCCN1C(=O)C[C@@H](OC)[C@H](C1CCCCC1)N(C)C(=O)[C@@H](CC(=O)[C@H](C(C)C)N(C)C(=O)OCc1ccc(NC(=O)C(CCCNC(N)=O)CC(=O)[C@@H](NC(=O)CCOCCOCCNC(=O)CCCC(=O)N2Cc3ccccc3C#Cc3ccccc32)C(C)C)cc1)C(C)C. The van der Waals surface area contributed by atoms with Crippen LogP contribution in [0.25, 0.3) is 0 Å². The highest BCUT2D eigenvalue weighted by Crippen LogP contribution is 2.38. The van der Waals surface area contributed by atoms with Crippen LogP contribution in [-0.4, -0.2) is 195 Å². The first kappa shape index (κ1) is 94.8. The Kier molecular flexibility index (Phi) is 38.6. The summed E-state index contributed by atoms with van der Waals surface area (Å²) in [6.45, 7) is 14.6. The Morgan fingerprint density at radius 1 is 0.630 bits per heavy atom. The number of nitrogens with zero attached hydrogens (tertiary/aromatic N) is 5. The lowest BCUT2D eigenvalue weighted by Crippen LogP contribution is -2.55. The summed E-state index contributed by atoms with van der Waals surface area (Å²) >= 11 is 1.54. The topological polar surface area (TPSA) is 334 Å². The third-order valence-corrected chi connectivity index (χ3v) is 24.1. The lowest BCUT2D eigenvalue weighted by Gasteiger charge is -2.43. The first-order chi connectivity index (χ1) is 57.2. The van der Waals surface area contributed by atoms with Gasteiger partial charge < -0.3 is 70.3 Å². The Balaban J connectivity index is 0.777. The number of likely N-dealkylation sites (N-methyl/N-ethyl adjacent to an activating group) is 2. The first-order valence-corrected chi connectivity index (χ1v) is 43.2. The predicted molar refractivity (Wildman–Crippen MR) is 457 cm³/mol. The van der Waals surface area contributed by atoms with Crippen LogP contribution in [0.2, 0.25) is 0 Å². The molecule has 3 aliphatic rings. The number of fused-ring (bicyclic) bond motifs is 2. The number of anilines is 2. The van der Waals surface area contributed by atoms with Gasteiger partial charge >= 0.3 is 12.1 Å². The standard InChI is InChI=1S/C92H126N10O16S/c1-60(2)73(90(111)99(8)86(68-29-16-13-17-30-68)79(114-10)57-83(109)101-47-24-34-75(101)87(115-11)63(7)76(103)55-71(89-95-46-52-119-89)53-64-25-14-12-15-26-64)56-78(105)85(62(5)6)100(9)92(113)118-59-65-37-41-72(42-38-65)97-88(110)69(32-23-44-96-91(93)112)54-77(104)84(61(3)4)98-81(107)43-48-116-50-51-117-49-45-94-80(106)35-22-36-82(108)102-58-70-31-19-18-27-66(70)39-40-67-28-20-21-33-74(67)102/h12,14-15,18-21,25-28,31,33,37-38,41-42,46,52,60-63,68-69,71,73,75,79,84-87H,13,16-17,22-24,29-30,32,34-36,43-45,47-51,53-59H2,1-11H3,(H,94,106)(H,97,110)(H,98,107)(H3,93,96,112)/t63-,69?,71?,73-,75-,79+,84-,85-,86-,87+/m0/s1. The van der Waals surface area contributed by atoms with Gasteiger partial charge in [0.25, 0.3) is 0 Å². The van der Waals surface area contributed by atoms with Crippen LogP contribution in [0.3, 0.4) is 0 Å². The quantitative estimate of drug-likeness (QED) is 0.0178. The van der Waals surface area contributed by atoms with Crippen LogP contribution in [0.1, 0.15) is 196 Å². The van der Waals surface area contributed by atoms with E-state index in [1.165, 1.54) is 11.9 Å². The lowest BCUT2D eigenvalue weighted by atomic mass is 9.79. The van der Waals surface area contributed by atoms with E-state index in [0.717, 1.165) is 71.5 Å². The highest BCUT2D eigenvalue weighted by Gasteiger charge is 2.45. The molecule has 26 nitrogen and oxygen atoms in total. The highest BCUT2D eigenvalue weighted by atomic mass is 32.1. The smallest absolute Gasteiger partial charge is 0.410 e. The number of primary amides is 1. The fourth-order valence-electron chi connectivity index (χ4n) is 16.7. The largest absolute Gasteiger partial charge is 0.445 e. The number of rotatable bonds is 48. The molecule has 0 bridgehead atoms. The van der Waals surface area contributed by atoms with E-state index in [-0.39, 0.29) is 174 Å². The molecule has 646 valence electrons. The number of aromatic nitrogens is 1. The molecule has 0 spiro atoms. The molecular formula is C92H126N10O16S. The van der Waals surface area contributed by atoms with Crippen molar-refractivity contribution in [2.24, 2.45) is 47.2 Å². The number of ketones is 3. The number of likely N-dealkylation sites (tertiary alicyclic amines) is 1. The van der Waals surface area contributed by atoms with Gasteiger partial charge in [-0.05, 0) is 122 Å². The maximum atomic E-state index is 15.2. The first-order valence-electron chi connectivity index (χ1n) is 42.3. The Morgan fingerprint density at radius 2 is 1.32 bits per heavy atom. The number of carbonyl (C=O) groups is 11. The van der Waals surface area contributed by atoms with Crippen LogP contribution in [0, 0.1) is 53.3 Å². The van der Waals surface area contributed by atoms with Gasteiger partial charge in [0.05, 0.1) is 86.5 Å². The predicted octanol–water partition coefficient (Wildman–Crippen LogP) is 12.2. The molecule has 10 atom stereocenters. The molecule has 1 aliphatic carbocycles. The second-order valence-electron chi connectivity index (χ2n) is 32.8. The number of ether oxygens (including phenoxy) is 5. The molecule has 1 saturated carbocycles. The number of methoxy groups -OCH3 is 2. The zero-order valence-electron chi connectivity index (χ0n) is 71.4. The van der Waals surface area contributed by atoms with Crippen LogP contribution in [0.4, 0.5) is 21.0 Å². The fraction of sp³-hybridized carbons (Fsp3) is 0.565. The molecule has 2 aliphatic heterocycles. The molecule has 27 heteroatoms. The fourth-order valence-corrected chi connectivity index (χ4v) is 17.4. The van der Waals surface area contributed by atoms with E-state index in [9.17, 15) is 47.9 Å². The average Bonchev–Trinajstić information content (AvgIpc) is 1.78. The minimum absolute atomic E-state index is 0.00888. The van der Waals surface area contributed by atoms with Gasteiger partial charge in [-0.3, -0.25) is 43.2 Å². The highest BCUT2D eigenvalue weighted by molar-refractivity contribution is 7.09. The number of hydrogen-bond donors (Lipinski definition) is 5. The van der Waals surface area contributed by atoms with Gasteiger partial charge in [-0.25, -0.2) is 14.6 Å². The number of thiazole rings is 1. The van der Waals surface area contributed by atoms with Gasteiger partial charge in [-0.2, -0.15) is 0 Å². The normalized spacial score (nSPS) is 16.3. The Labute approximate surface area is 706 Å². The minimum atomic E-state index is -0.965. The molecule has 0 radical (unpaired) electrons. The van der Waals surface area contributed by atoms with Crippen LogP contribution in [0.15, 0.2) is 115 Å². The number of nitrogens with two attached hydrogens (primary N) is 1. The molecule has 1 aromatic heterocycles. The van der Waals surface area contributed by atoms with Gasteiger partial charge in [-0.1, -0.05) is 152 Å². The summed E-state index contributed by atoms with van der Waals surface area (Å²) in [4.78, 5) is 164. The Morgan fingerprint density at radius 3 is 1.99 bits per heavy atom. The number of carbonyl (C=O) groups excluding carboxylic acids is 11. The summed E-state index contributed by atoms with van der Waals surface area (Å²) in [7, 11) is 6.45. The monoisotopic (exact) mass is 1660 g/mol. The molecule has 1 saturated heterocycles. The van der Waals surface area contributed by atoms with Crippen molar-refractivity contribution in [1.29, 1.82) is 0 Å². The number of hydrogen-bond acceptors (Lipinski definition) is 18. The molecule has 8 rings (SSSR count). The van der Waals surface area contributed by atoms with E-state index >= 15 is 4.79 Å². The van der Waals surface area contributed by atoms with Gasteiger partial charge in [0.2, 0.25) is 35.4 Å². The van der Waals surface area contributed by atoms with E-state index in [2.05, 4.69) is 50.2 Å². The zero-order chi connectivity index (χ0) is 86.1. The van der Waals surface area contributed by atoms with Crippen molar-refractivity contribution >= 4 is 87.6 Å². The van der Waals surface area contributed by atoms with Crippen molar-refractivity contribution in [1.82, 2.24) is 35.6 Å². The summed E-state index contributed by atoms with van der Waals surface area (Å²) in [6.07, 6.45) is 7.45. The minimum Gasteiger partial charge on any atom is -0.445 e. The van der Waals surface area contributed by atoms with Crippen molar-refractivity contribution in [2.45, 2.75) is 219 Å². The number of benzene rings is 4. The van der Waals surface area contributed by atoms with Crippen molar-refractivity contribution in [3.8, 4) is 11.8 Å². The molecule has 119 heavy (non-hydrogen) atoms. The summed E-state index contributed by atoms with van der Waals surface area (Å²) in [5.74, 6) is 0.871. The van der Waals surface area contributed by atoms with E-state index < -0.39 is 72.0 Å². The Hall–Kier alpha value is -9.72. The van der Waals surface area contributed by atoms with Gasteiger partial charge in [0.15, 0.2) is 11.6 Å². The summed E-state index contributed by atoms with van der Waals surface area (Å²) in [6, 6.07) is 28.5. The van der Waals surface area contributed by atoms with Crippen LogP contribution in [0.5, 0.6) is 0 Å². The zero-order valence-corrected chi connectivity index (χ0v) is 72.2. The third-order valence-electron chi connectivity index (χ3n) is 23.2. The molecule has 9 amide bonds. The Bertz CT molecular complexity index is 4200. The van der Waals surface area contributed by atoms with Crippen molar-refractivity contribution in [3.05, 3.63) is 148 Å². The molecule has 6 N–H and O–H groups in total. The molecule has 3 heterocycles. The third kappa shape index (κ3) is 28.7. The van der Waals surface area contributed by atoms with Crippen molar-refractivity contribution in [2.75, 3.05) is 84.6 Å². The van der Waals surface area contributed by atoms with E-state index in [4.69, 9.17) is 29.4 Å². The molecule has 2 fully saturated rings. The summed E-state index contributed by atoms with van der Waals surface area (Å²) in [5.41, 5.74) is 10.7. The number of urea groups is 1. The van der Waals surface area contributed by atoms with Crippen LogP contribution in [-0.2, 0) is 86.4 Å².